The lowest BCUT2D eigenvalue weighted by Crippen LogP contribution is -2.12. The van der Waals surface area contributed by atoms with E-state index < -0.39 is 0 Å². The molecule has 5 nitrogen and oxygen atoms in total. The summed E-state index contributed by atoms with van der Waals surface area (Å²) in [6.45, 7) is 5.70. The van der Waals surface area contributed by atoms with E-state index >= 15 is 0 Å². The number of benzene rings is 1. The lowest BCUT2D eigenvalue weighted by molar-refractivity contribution is 0.102. The maximum atomic E-state index is 11.9. The first-order valence-electron chi connectivity index (χ1n) is 5.93. The van der Waals surface area contributed by atoms with Gasteiger partial charge in [0, 0.05) is 17.1 Å². The molecule has 1 amide bonds. The maximum Gasteiger partial charge on any atom is 0.257 e. The number of aryl methyl sites for hydroxylation is 1. The fourth-order valence-electron chi connectivity index (χ4n) is 1.47. The average molecular weight is 277 g/mol. The number of nitrogens with zero attached hydrogens (tertiary/aromatic N) is 2. The van der Waals surface area contributed by atoms with Gasteiger partial charge in [-0.3, -0.25) is 10.1 Å². The van der Waals surface area contributed by atoms with E-state index in [9.17, 15) is 4.79 Å². The number of carbonyl (C=O) groups excluding carboxylic acids is 1. The Morgan fingerprint density at radius 1 is 1.32 bits per heavy atom. The molecule has 0 saturated carbocycles. The van der Waals surface area contributed by atoms with Gasteiger partial charge in [0.25, 0.3) is 5.91 Å². The Kier molecular flexibility index (Phi) is 4.11. The summed E-state index contributed by atoms with van der Waals surface area (Å²) in [5.41, 5.74) is 0.559. The highest BCUT2D eigenvalue weighted by Gasteiger charge is 2.09. The average Bonchev–Trinajstić information content (AvgIpc) is 2.75. The van der Waals surface area contributed by atoms with Crippen LogP contribution in [0.1, 0.15) is 30.0 Å². The van der Waals surface area contributed by atoms with Gasteiger partial charge >= 0.3 is 0 Å². The number of aromatic nitrogens is 2. The standard InChI is InChI=1S/C13H15N3O2S/c1-8(2)18-11-6-4-10(5-7-11)12(17)15-13-14-9(3)16-19-13/h4-8H,1-3H3,(H,14,15,16,17). The molecule has 1 N–H and O–H groups in total. The van der Waals surface area contributed by atoms with Crippen LogP contribution in [-0.2, 0) is 0 Å². The molecule has 0 saturated heterocycles. The zero-order valence-corrected chi connectivity index (χ0v) is 11.8. The molecule has 0 atom stereocenters. The van der Waals surface area contributed by atoms with Crippen LogP contribution in [0.3, 0.4) is 0 Å². The summed E-state index contributed by atoms with van der Waals surface area (Å²) in [4.78, 5) is 16.0. The summed E-state index contributed by atoms with van der Waals surface area (Å²) < 4.78 is 9.52. The topological polar surface area (TPSA) is 64.1 Å². The van der Waals surface area contributed by atoms with Crippen LogP contribution in [0.2, 0.25) is 0 Å². The van der Waals surface area contributed by atoms with Crippen LogP contribution in [0.4, 0.5) is 5.13 Å². The van der Waals surface area contributed by atoms with Crippen molar-refractivity contribution in [1.29, 1.82) is 0 Å². The highest BCUT2D eigenvalue weighted by molar-refractivity contribution is 7.09. The number of amides is 1. The van der Waals surface area contributed by atoms with Gasteiger partial charge in [0.2, 0.25) is 5.13 Å². The maximum absolute atomic E-state index is 11.9. The second-order valence-electron chi connectivity index (χ2n) is 4.29. The Bertz CT molecular complexity index is 564. The Morgan fingerprint density at radius 3 is 2.53 bits per heavy atom. The fraction of sp³-hybridized carbons (Fsp3) is 0.308. The lowest BCUT2D eigenvalue weighted by atomic mass is 10.2. The Morgan fingerprint density at radius 2 is 2.00 bits per heavy atom. The smallest absolute Gasteiger partial charge is 0.257 e. The highest BCUT2D eigenvalue weighted by Crippen LogP contribution is 2.16. The summed E-state index contributed by atoms with van der Waals surface area (Å²) in [7, 11) is 0. The van der Waals surface area contributed by atoms with E-state index in [-0.39, 0.29) is 12.0 Å². The van der Waals surface area contributed by atoms with Crippen LogP contribution in [0.5, 0.6) is 5.75 Å². The highest BCUT2D eigenvalue weighted by atomic mass is 32.1. The van der Waals surface area contributed by atoms with Crippen molar-refractivity contribution in [1.82, 2.24) is 9.36 Å². The van der Waals surface area contributed by atoms with E-state index in [1.54, 1.807) is 31.2 Å². The number of ether oxygens (including phenoxy) is 1. The van der Waals surface area contributed by atoms with E-state index in [1.165, 1.54) is 11.5 Å². The Labute approximate surface area is 115 Å². The van der Waals surface area contributed by atoms with E-state index in [2.05, 4.69) is 14.7 Å². The third-order valence-electron chi connectivity index (χ3n) is 2.24. The molecule has 19 heavy (non-hydrogen) atoms. The largest absolute Gasteiger partial charge is 0.491 e. The molecular weight excluding hydrogens is 262 g/mol. The summed E-state index contributed by atoms with van der Waals surface area (Å²) in [6.07, 6.45) is 0.115. The molecular formula is C13H15N3O2S. The summed E-state index contributed by atoms with van der Waals surface area (Å²) >= 11 is 1.17. The minimum absolute atomic E-state index is 0.115. The van der Waals surface area contributed by atoms with Crippen molar-refractivity contribution in [3.63, 3.8) is 0 Å². The fourth-order valence-corrected chi connectivity index (χ4v) is 2.04. The van der Waals surface area contributed by atoms with Crippen LogP contribution < -0.4 is 10.1 Å². The second kappa shape index (κ2) is 5.79. The van der Waals surface area contributed by atoms with E-state index in [0.717, 1.165) is 5.75 Å². The van der Waals surface area contributed by atoms with Crippen molar-refractivity contribution in [2.45, 2.75) is 26.9 Å². The number of carbonyl (C=O) groups is 1. The number of hydrogen-bond donors (Lipinski definition) is 1. The molecule has 0 bridgehead atoms. The first-order chi connectivity index (χ1) is 9.04. The molecule has 0 fully saturated rings. The zero-order valence-electron chi connectivity index (χ0n) is 11.0. The molecule has 1 aromatic heterocycles. The first kappa shape index (κ1) is 13.5. The molecule has 0 aliphatic carbocycles. The van der Waals surface area contributed by atoms with E-state index in [4.69, 9.17) is 4.74 Å². The minimum Gasteiger partial charge on any atom is -0.491 e. The van der Waals surface area contributed by atoms with Gasteiger partial charge < -0.3 is 4.74 Å². The van der Waals surface area contributed by atoms with Crippen molar-refractivity contribution in [3.8, 4) is 5.75 Å². The number of nitrogens with one attached hydrogen (secondary N) is 1. The second-order valence-corrected chi connectivity index (χ2v) is 5.04. The van der Waals surface area contributed by atoms with E-state index in [0.29, 0.717) is 16.5 Å². The predicted octanol–water partition coefficient (Wildman–Crippen LogP) is 2.89. The monoisotopic (exact) mass is 277 g/mol. The molecule has 0 unspecified atom stereocenters. The van der Waals surface area contributed by atoms with Crippen LogP contribution in [0.25, 0.3) is 0 Å². The van der Waals surface area contributed by atoms with Crippen LogP contribution in [-0.4, -0.2) is 21.4 Å². The van der Waals surface area contributed by atoms with Gasteiger partial charge in [0.1, 0.15) is 11.6 Å². The molecule has 2 rings (SSSR count). The van der Waals surface area contributed by atoms with Crippen molar-refractivity contribution >= 4 is 22.6 Å². The molecule has 0 radical (unpaired) electrons. The summed E-state index contributed by atoms with van der Waals surface area (Å²) in [5.74, 6) is 1.20. The normalized spacial score (nSPS) is 10.5. The van der Waals surface area contributed by atoms with Crippen LogP contribution >= 0.6 is 11.5 Å². The van der Waals surface area contributed by atoms with Crippen molar-refractivity contribution in [2.24, 2.45) is 0 Å². The quantitative estimate of drug-likeness (QED) is 0.933. The molecule has 1 aromatic carbocycles. The Balaban J connectivity index is 2.03. The zero-order chi connectivity index (χ0) is 13.8. The van der Waals surface area contributed by atoms with E-state index in [1.807, 2.05) is 13.8 Å². The van der Waals surface area contributed by atoms with Crippen molar-refractivity contribution in [2.75, 3.05) is 5.32 Å². The van der Waals surface area contributed by atoms with Gasteiger partial charge in [-0.25, -0.2) is 4.98 Å². The molecule has 0 aliphatic heterocycles. The van der Waals surface area contributed by atoms with Gasteiger partial charge in [0.05, 0.1) is 6.10 Å². The van der Waals surface area contributed by atoms with Gasteiger partial charge in [0.15, 0.2) is 0 Å². The molecule has 0 spiro atoms. The number of rotatable bonds is 4. The molecule has 100 valence electrons. The predicted molar refractivity (Wildman–Crippen MR) is 74.8 cm³/mol. The van der Waals surface area contributed by atoms with Crippen molar-refractivity contribution < 1.29 is 9.53 Å². The summed E-state index contributed by atoms with van der Waals surface area (Å²) in [6, 6.07) is 7.00. The number of hydrogen-bond acceptors (Lipinski definition) is 5. The molecule has 1 heterocycles. The lowest BCUT2D eigenvalue weighted by Gasteiger charge is -2.09. The molecule has 6 heteroatoms. The Hall–Kier alpha value is -1.95. The third kappa shape index (κ3) is 3.75. The molecule has 2 aromatic rings. The number of anilines is 1. The SMILES string of the molecule is Cc1nsc(NC(=O)c2ccc(OC(C)C)cc2)n1. The third-order valence-corrected chi connectivity index (χ3v) is 2.96. The minimum atomic E-state index is -0.202. The first-order valence-corrected chi connectivity index (χ1v) is 6.70. The van der Waals surface area contributed by atoms with Crippen LogP contribution in [0.15, 0.2) is 24.3 Å². The van der Waals surface area contributed by atoms with Gasteiger partial charge in [-0.1, -0.05) is 0 Å². The summed E-state index contributed by atoms with van der Waals surface area (Å²) in [5, 5.41) is 3.21. The van der Waals surface area contributed by atoms with Crippen LogP contribution in [0, 0.1) is 6.92 Å². The van der Waals surface area contributed by atoms with Gasteiger partial charge in [-0.05, 0) is 45.0 Å². The van der Waals surface area contributed by atoms with Gasteiger partial charge in [-0.15, -0.1) is 0 Å². The van der Waals surface area contributed by atoms with Crippen molar-refractivity contribution in [3.05, 3.63) is 35.7 Å². The van der Waals surface area contributed by atoms with Gasteiger partial charge in [-0.2, -0.15) is 4.37 Å². The molecule has 0 aliphatic rings.